The molecule has 0 saturated carbocycles. The molecule has 29 heavy (non-hydrogen) atoms. The Kier molecular flexibility index (Phi) is 7.36. The third-order valence-corrected chi connectivity index (χ3v) is 5.76. The van der Waals surface area contributed by atoms with Crippen molar-refractivity contribution in [3.8, 4) is 11.4 Å². The van der Waals surface area contributed by atoms with Gasteiger partial charge in [-0.25, -0.2) is 4.39 Å². The summed E-state index contributed by atoms with van der Waals surface area (Å²) in [5.74, 6) is 0.885. The van der Waals surface area contributed by atoms with Crippen molar-refractivity contribution in [3.63, 3.8) is 0 Å². The Morgan fingerprint density at radius 1 is 1.34 bits per heavy atom. The Balaban J connectivity index is 1.53. The first kappa shape index (κ1) is 21.4. The average molecular weight is 403 g/mol. The van der Waals surface area contributed by atoms with E-state index in [1.54, 1.807) is 19.1 Å². The van der Waals surface area contributed by atoms with E-state index in [1.165, 1.54) is 6.07 Å². The molecular formula is C22H31FN4O2. The van der Waals surface area contributed by atoms with Gasteiger partial charge in [-0.3, -0.25) is 9.69 Å². The lowest BCUT2D eigenvalue weighted by atomic mass is 9.95. The van der Waals surface area contributed by atoms with E-state index in [0.717, 1.165) is 51.7 Å². The number of hydrogen-bond donors (Lipinski definition) is 1. The van der Waals surface area contributed by atoms with E-state index in [2.05, 4.69) is 27.3 Å². The molecule has 0 radical (unpaired) electrons. The van der Waals surface area contributed by atoms with Gasteiger partial charge in [-0.05, 0) is 57.8 Å². The van der Waals surface area contributed by atoms with E-state index in [-0.39, 0.29) is 23.7 Å². The molecule has 1 unspecified atom stereocenters. The zero-order valence-electron chi connectivity index (χ0n) is 17.6. The van der Waals surface area contributed by atoms with Crippen molar-refractivity contribution in [1.29, 1.82) is 0 Å². The maximum absolute atomic E-state index is 13.8. The number of amides is 1. The van der Waals surface area contributed by atoms with Crippen LogP contribution >= 0.6 is 0 Å². The number of nitrogens with one attached hydrogen (secondary N) is 1. The van der Waals surface area contributed by atoms with Gasteiger partial charge in [0.05, 0.1) is 6.04 Å². The van der Waals surface area contributed by atoms with E-state index in [1.807, 2.05) is 6.92 Å². The molecule has 0 aliphatic carbocycles. The van der Waals surface area contributed by atoms with E-state index in [0.29, 0.717) is 22.8 Å². The second-order valence-electron chi connectivity index (χ2n) is 7.90. The van der Waals surface area contributed by atoms with Crippen LogP contribution in [-0.2, 0) is 4.79 Å². The molecule has 2 heterocycles. The van der Waals surface area contributed by atoms with Gasteiger partial charge in [-0.15, -0.1) is 0 Å². The molecule has 3 rings (SSSR count). The lowest BCUT2D eigenvalue weighted by Gasteiger charge is -2.33. The van der Waals surface area contributed by atoms with E-state index in [9.17, 15) is 9.18 Å². The second kappa shape index (κ2) is 9.96. The Morgan fingerprint density at radius 3 is 2.79 bits per heavy atom. The molecule has 6 nitrogen and oxygen atoms in total. The maximum Gasteiger partial charge on any atom is 0.244 e. The van der Waals surface area contributed by atoms with Crippen molar-refractivity contribution in [2.24, 2.45) is 5.92 Å². The first-order chi connectivity index (χ1) is 14.0. The minimum absolute atomic E-state index is 0.0416. The number of carbonyl (C=O) groups excluding carboxylic acids is 1. The number of likely N-dealkylation sites (tertiary alicyclic amines) is 1. The summed E-state index contributed by atoms with van der Waals surface area (Å²) in [5, 5.41) is 7.09. The zero-order chi connectivity index (χ0) is 20.8. The molecular weight excluding hydrogens is 371 g/mol. The van der Waals surface area contributed by atoms with E-state index >= 15 is 0 Å². The number of piperidine rings is 1. The number of rotatable bonds is 8. The number of nitrogens with zero attached hydrogens (tertiary/aromatic N) is 3. The van der Waals surface area contributed by atoms with Crippen molar-refractivity contribution < 1.29 is 13.7 Å². The Bertz CT molecular complexity index is 815. The number of aryl methyl sites for hydroxylation is 1. The number of unbranched alkanes of at least 4 members (excludes halogenated alkanes) is 2. The minimum atomic E-state index is -0.281. The number of benzene rings is 1. The summed E-state index contributed by atoms with van der Waals surface area (Å²) in [5.41, 5.74) is 1.19. The van der Waals surface area contributed by atoms with Gasteiger partial charge in [0.1, 0.15) is 5.82 Å². The highest BCUT2D eigenvalue weighted by Gasteiger charge is 2.29. The molecule has 0 bridgehead atoms. The second-order valence-corrected chi connectivity index (χ2v) is 7.90. The highest BCUT2D eigenvalue weighted by atomic mass is 19.1. The Hall–Kier alpha value is -2.28. The van der Waals surface area contributed by atoms with Gasteiger partial charge in [-0.1, -0.05) is 37.1 Å². The van der Waals surface area contributed by atoms with Crippen molar-refractivity contribution in [3.05, 3.63) is 35.5 Å². The number of halogens is 1. The predicted octanol–water partition coefficient (Wildman–Crippen LogP) is 4.26. The first-order valence-corrected chi connectivity index (χ1v) is 10.6. The summed E-state index contributed by atoms with van der Waals surface area (Å²) in [6.45, 7) is 8.30. The first-order valence-electron chi connectivity index (χ1n) is 10.6. The van der Waals surface area contributed by atoms with E-state index in [4.69, 9.17) is 4.52 Å². The topological polar surface area (TPSA) is 71.3 Å². The van der Waals surface area contributed by atoms with Gasteiger partial charge in [0, 0.05) is 18.0 Å². The SMILES string of the molecule is CCCCCNC(=O)C1CCN(C(C)c2nc(-c3ccc(C)c(F)c3)no2)CC1. The molecule has 1 saturated heterocycles. The summed E-state index contributed by atoms with van der Waals surface area (Å²) in [6.07, 6.45) is 5.00. The lowest BCUT2D eigenvalue weighted by molar-refractivity contribution is -0.126. The van der Waals surface area contributed by atoms with Crippen LogP contribution < -0.4 is 5.32 Å². The normalized spacial score (nSPS) is 16.7. The van der Waals surface area contributed by atoms with Crippen LogP contribution in [0.1, 0.15) is 63.4 Å². The quantitative estimate of drug-likeness (QED) is 0.668. The van der Waals surface area contributed by atoms with Crippen molar-refractivity contribution in [1.82, 2.24) is 20.4 Å². The number of hydrogen-bond acceptors (Lipinski definition) is 5. The molecule has 1 N–H and O–H groups in total. The summed E-state index contributed by atoms with van der Waals surface area (Å²) in [4.78, 5) is 19.0. The van der Waals surface area contributed by atoms with Crippen LogP contribution in [0.4, 0.5) is 4.39 Å². The fourth-order valence-corrected chi connectivity index (χ4v) is 3.69. The van der Waals surface area contributed by atoms with Crippen molar-refractivity contribution in [2.75, 3.05) is 19.6 Å². The van der Waals surface area contributed by atoms with Crippen LogP contribution in [0.2, 0.25) is 0 Å². The van der Waals surface area contributed by atoms with Crippen molar-refractivity contribution >= 4 is 5.91 Å². The monoisotopic (exact) mass is 402 g/mol. The van der Waals surface area contributed by atoms with Gasteiger partial charge < -0.3 is 9.84 Å². The molecule has 2 aromatic rings. The smallest absolute Gasteiger partial charge is 0.244 e. The molecule has 1 amide bonds. The molecule has 158 valence electrons. The number of aromatic nitrogens is 2. The van der Waals surface area contributed by atoms with Crippen LogP contribution in [0.5, 0.6) is 0 Å². The molecule has 1 aromatic heterocycles. The Morgan fingerprint density at radius 2 is 2.10 bits per heavy atom. The third-order valence-electron chi connectivity index (χ3n) is 5.76. The van der Waals surface area contributed by atoms with E-state index < -0.39 is 0 Å². The maximum atomic E-state index is 13.8. The molecule has 1 aliphatic heterocycles. The molecule has 1 aliphatic rings. The van der Waals surface area contributed by atoms with Gasteiger partial charge in [0.25, 0.3) is 0 Å². The summed E-state index contributed by atoms with van der Waals surface area (Å²) >= 11 is 0. The molecule has 1 aromatic carbocycles. The lowest BCUT2D eigenvalue weighted by Crippen LogP contribution is -2.41. The average Bonchev–Trinajstić information content (AvgIpc) is 3.23. The summed E-state index contributed by atoms with van der Waals surface area (Å²) < 4.78 is 19.3. The van der Waals surface area contributed by atoms with Gasteiger partial charge in [-0.2, -0.15) is 4.98 Å². The van der Waals surface area contributed by atoms with Gasteiger partial charge in [0.2, 0.25) is 17.6 Å². The largest absolute Gasteiger partial charge is 0.356 e. The number of carbonyl (C=O) groups is 1. The molecule has 0 spiro atoms. The molecule has 1 fully saturated rings. The van der Waals surface area contributed by atoms with Gasteiger partial charge in [0.15, 0.2) is 0 Å². The standard InChI is InChI=1S/C22H31FN4O2/c1-4-5-6-11-24-21(28)17-9-12-27(13-10-17)16(3)22-25-20(26-29-22)18-8-7-15(2)19(23)14-18/h7-8,14,16-17H,4-6,9-13H2,1-3H3,(H,24,28). The van der Waals surface area contributed by atoms with Crippen molar-refractivity contribution in [2.45, 2.75) is 58.9 Å². The van der Waals surface area contributed by atoms with Crippen LogP contribution in [0.25, 0.3) is 11.4 Å². The van der Waals surface area contributed by atoms with Crippen LogP contribution in [0.15, 0.2) is 22.7 Å². The fraction of sp³-hybridized carbons (Fsp3) is 0.591. The third kappa shape index (κ3) is 5.41. The minimum Gasteiger partial charge on any atom is -0.356 e. The van der Waals surface area contributed by atoms with Crippen LogP contribution in [0.3, 0.4) is 0 Å². The predicted molar refractivity (Wildman–Crippen MR) is 110 cm³/mol. The van der Waals surface area contributed by atoms with Gasteiger partial charge >= 0.3 is 0 Å². The summed E-state index contributed by atoms with van der Waals surface area (Å²) in [7, 11) is 0. The molecule has 1 atom stereocenters. The zero-order valence-corrected chi connectivity index (χ0v) is 17.6. The molecule has 7 heteroatoms. The van der Waals surface area contributed by atoms with Crippen LogP contribution in [-0.4, -0.2) is 40.6 Å². The van der Waals surface area contributed by atoms with Crippen LogP contribution in [0, 0.1) is 18.7 Å². The highest BCUT2D eigenvalue weighted by molar-refractivity contribution is 5.78. The fourth-order valence-electron chi connectivity index (χ4n) is 3.69. The Labute approximate surface area is 171 Å². The highest BCUT2D eigenvalue weighted by Crippen LogP contribution is 2.27. The summed E-state index contributed by atoms with van der Waals surface area (Å²) in [6, 6.07) is 4.89.